The van der Waals surface area contributed by atoms with E-state index < -0.39 is 0 Å². The quantitative estimate of drug-likeness (QED) is 0.297. The van der Waals surface area contributed by atoms with Crippen LogP contribution in [0, 0.1) is 6.92 Å². The second-order valence-corrected chi connectivity index (χ2v) is 10.7. The average molecular weight is 581 g/mol. The van der Waals surface area contributed by atoms with Crippen molar-refractivity contribution in [2.75, 3.05) is 25.4 Å². The first-order chi connectivity index (χ1) is 17.9. The summed E-state index contributed by atoms with van der Waals surface area (Å²) < 4.78 is 8.27. The van der Waals surface area contributed by atoms with E-state index in [9.17, 15) is 9.59 Å². The van der Waals surface area contributed by atoms with E-state index in [1.807, 2.05) is 88.9 Å². The molecule has 0 aliphatic carbocycles. The Kier molecular flexibility index (Phi) is 7.48. The smallest absolute Gasteiger partial charge is 0.255 e. The largest absolute Gasteiger partial charge is 0.461 e. The zero-order chi connectivity index (χ0) is 25.9. The number of carbonyl (C=O) groups is 2. The number of rotatable bonds is 6. The van der Waals surface area contributed by atoms with Gasteiger partial charge in [0.25, 0.3) is 5.91 Å². The van der Waals surface area contributed by atoms with Gasteiger partial charge < -0.3 is 14.2 Å². The van der Waals surface area contributed by atoms with Crippen LogP contribution in [0.25, 0.3) is 17.3 Å². The third-order valence-corrected chi connectivity index (χ3v) is 7.91. The molecule has 1 atom stereocenters. The molecule has 0 saturated carbocycles. The molecule has 1 fully saturated rings. The first kappa shape index (κ1) is 25.3. The Balaban J connectivity index is 1.28. The summed E-state index contributed by atoms with van der Waals surface area (Å²) in [4.78, 5) is 29.9. The lowest BCUT2D eigenvalue weighted by Gasteiger charge is -2.40. The summed E-state index contributed by atoms with van der Waals surface area (Å²) in [5, 5.41) is 9.35. The number of aromatic nitrogens is 3. The molecule has 8 nitrogen and oxygen atoms in total. The molecule has 0 N–H and O–H groups in total. The molecule has 1 unspecified atom stereocenters. The molecular weight excluding hydrogens is 554 g/mol. The van der Waals surface area contributed by atoms with Gasteiger partial charge in [-0.15, -0.1) is 10.2 Å². The summed E-state index contributed by atoms with van der Waals surface area (Å²) in [5.74, 6) is 1.37. The van der Waals surface area contributed by atoms with Gasteiger partial charge >= 0.3 is 0 Å². The van der Waals surface area contributed by atoms with Crippen LogP contribution in [-0.4, -0.2) is 67.8 Å². The van der Waals surface area contributed by atoms with Gasteiger partial charge in [0.15, 0.2) is 10.9 Å². The van der Waals surface area contributed by atoms with E-state index in [4.69, 9.17) is 4.42 Å². The fourth-order valence-electron chi connectivity index (χ4n) is 4.42. The first-order valence-electron chi connectivity index (χ1n) is 11.9. The second kappa shape index (κ2) is 10.9. The molecule has 10 heteroatoms. The maximum Gasteiger partial charge on any atom is 0.255 e. The SMILES string of the molecule is Cc1cccc(-n2c(SCC(=O)N3CCN(C(=O)c4ccccc4Br)C(C)C3)nnc2-c2ccco2)c1. The molecule has 1 saturated heterocycles. The van der Waals surface area contributed by atoms with E-state index >= 15 is 0 Å². The van der Waals surface area contributed by atoms with Gasteiger partial charge in [0.1, 0.15) is 0 Å². The predicted molar refractivity (Wildman–Crippen MR) is 146 cm³/mol. The number of halogens is 1. The van der Waals surface area contributed by atoms with Crippen molar-refractivity contribution in [2.24, 2.45) is 0 Å². The van der Waals surface area contributed by atoms with Crippen molar-refractivity contribution < 1.29 is 14.0 Å². The lowest BCUT2D eigenvalue weighted by atomic mass is 10.1. The van der Waals surface area contributed by atoms with Gasteiger partial charge in [-0.3, -0.25) is 14.2 Å². The number of hydrogen-bond acceptors (Lipinski definition) is 6. The highest BCUT2D eigenvalue weighted by molar-refractivity contribution is 9.10. The van der Waals surface area contributed by atoms with Crippen LogP contribution in [0.3, 0.4) is 0 Å². The molecular formula is C27H26BrN5O3S. The first-order valence-corrected chi connectivity index (χ1v) is 13.7. The third-order valence-electron chi connectivity index (χ3n) is 6.30. The zero-order valence-electron chi connectivity index (χ0n) is 20.5. The highest BCUT2D eigenvalue weighted by Gasteiger charge is 2.31. The molecule has 2 aromatic heterocycles. The van der Waals surface area contributed by atoms with E-state index in [2.05, 4.69) is 26.1 Å². The van der Waals surface area contributed by atoms with Crippen LogP contribution in [0.2, 0.25) is 0 Å². The molecule has 4 aromatic rings. The monoisotopic (exact) mass is 579 g/mol. The van der Waals surface area contributed by atoms with Gasteiger partial charge in [-0.25, -0.2) is 0 Å². The van der Waals surface area contributed by atoms with Crippen molar-refractivity contribution in [3.63, 3.8) is 0 Å². The molecule has 0 bridgehead atoms. The van der Waals surface area contributed by atoms with Crippen LogP contribution in [0.1, 0.15) is 22.8 Å². The Labute approximate surface area is 227 Å². The number of hydrogen-bond donors (Lipinski definition) is 0. The van der Waals surface area contributed by atoms with Crippen LogP contribution in [0.15, 0.2) is 81.0 Å². The molecule has 1 aliphatic heterocycles. The molecule has 0 radical (unpaired) electrons. The standard InChI is InChI=1S/C27H26BrN5O3S/c1-18-7-5-8-20(15-18)33-25(23-11-6-14-36-23)29-30-27(33)37-17-24(34)31-12-13-32(19(2)16-31)26(35)21-9-3-4-10-22(21)28/h3-11,14-15,19H,12-13,16-17H2,1-2H3. The molecule has 5 rings (SSSR count). The van der Waals surface area contributed by atoms with E-state index in [0.717, 1.165) is 15.7 Å². The molecule has 1 aliphatic rings. The van der Waals surface area contributed by atoms with E-state index in [-0.39, 0.29) is 23.6 Å². The fourth-order valence-corrected chi connectivity index (χ4v) is 5.73. The van der Waals surface area contributed by atoms with Gasteiger partial charge in [-0.2, -0.15) is 0 Å². The summed E-state index contributed by atoms with van der Waals surface area (Å²) in [6.07, 6.45) is 1.60. The number of carbonyl (C=O) groups excluding carboxylic acids is 2. The van der Waals surface area contributed by atoms with E-state index in [0.29, 0.717) is 41.9 Å². The lowest BCUT2D eigenvalue weighted by Crippen LogP contribution is -2.55. The van der Waals surface area contributed by atoms with Gasteiger partial charge in [0.05, 0.1) is 23.3 Å². The Morgan fingerprint density at radius 2 is 1.92 bits per heavy atom. The minimum Gasteiger partial charge on any atom is -0.461 e. The molecule has 2 amide bonds. The number of aryl methyl sites for hydroxylation is 1. The van der Waals surface area contributed by atoms with Crippen LogP contribution in [-0.2, 0) is 4.79 Å². The van der Waals surface area contributed by atoms with Gasteiger partial charge in [-0.05, 0) is 71.7 Å². The highest BCUT2D eigenvalue weighted by Crippen LogP contribution is 2.29. The number of thioether (sulfide) groups is 1. The number of benzene rings is 2. The molecule has 0 spiro atoms. The molecule has 2 aromatic carbocycles. The van der Waals surface area contributed by atoms with E-state index in [1.54, 1.807) is 6.26 Å². The average Bonchev–Trinajstić information content (AvgIpc) is 3.57. The normalized spacial score (nSPS) is 15.7. The van der Waals surface area contributed by atoms with Crippen molar-refractivity contribution in [1.82, 2.24) is 24.6 Å². The van der Waals surface area contributed by atoms with Crippen LogP contribution >= 0.6 is 27.7 Å². The van der Waals surface area contributed by atoms with Crippen molar-refractivity contribution in [2.45, 2.75) is 25.0 Å². The van der Waals surface area contributed by atoms with Gasteiger partial charge in [0, 0.05) is 30.1 Å². The highest BCUT2D eigenvalue weighted by atomic mass is 79.9. The van der Waals surface area contributed by atoms with Crippen molar-refractivity contribution in [3.8, 4) is 17.3 Å². The zero-order valence-corrected chi connectivity index (χ0v) is 22.9. The summed E-state index contributed by atoms with van der Waals surface area (Å²) in [5.41, 5.74) is 2.64. The summed E-state index contributed by atoms with van der Waals surface area (Å²) in [7, 11) is 0. The molecule has 190 valence electrons. The maximum absolute atomic E-state index is 13.2. The fraction of sp³-hybridized carbons (Fsp3) is 0.259. The van der Waals surface area contributed by atoms with Gasteiger partial charge in [-0.1, -0.05) is 36.0 Å². The third kappa shape index (κ3) is 5.35. The van der Waals surface area contributed by atoms with E-state index in [1.165, 1.54) is 11.8 Å². The second-order valence-electron chi connectivity index (χ2n) is 8.91. The van der Waals surface area contributed by atoms with Crippen LogP contribution < -0.4 is 0 Å². The van der Waals surface area contributed by atoms with Crippen molar-refractivity contribution in [3.05, 3.63) is 82.5 Å². The van der Waals surface area contributed by atoms with Crippen LogP contribution in [0.5, 0.6) is 0 Å². The van der Waals surface area contributed by atoms with Gasteiger partial charge in [0.2, 0.25) is 11.7 Å². The lowest BCUT2D eigenvalue weighted by molar-refractivity contribution is -0.130. The summed E-state index contributed by atoms with van der Waals surface area (Å²) in [6.45, 7) is 5.46. The molecule has 3 heterocycles. The number of nitrogens with zero attached hydrogens (tertiary/aromatic N) is 5. The molecule has 37 heavy (non-hydrogen) atoms. The Morgan fingerprint density at radius 3 is 2.65 bits per heavy atom. The predicted octanol–water partition coefficient (Wildman–Crippen LogP) is 5.06. The van der Waals surface area contributed by atoms with Crippen molar-refractivity contribution >= 4 is 39.5 Å². The maximum atomic E-state index is 13.2. The minimum absolute atomic E-state index is 0.00295. The number of piperazine rings is 1. The Hall–Kier alpha value is -3.37. The number of furan rings is 1. The summed E-state index contributed by atoms with van der Waals surface area (Å²) in [6, 6.07) is 19.0. The van der Waals surface area contributed by atoms with Crippen LogP contribution in [0.4, 0.5) is 0 Å². The minimum atomic E-state index is -0.0937. The number of amides is 2. The topological polar surface area (TPSA) is 84.5 Å². The Morgan fingerprint density at radius 1 is 1.08 bits per heavy atom. The Bertz CT molecular complexity index is 1420. The summed E-state index contributed by atoms with van der Waals surface area (Å²) >= 11 is 4.81. The van der Waals surface area contributed by atoms with Crippen molar-refractivity contribution in [1.29, 1.82) is 0 Å².